The van der Waals surface area contributed by atoms with Crippen LogP contribution in [0, 0.1) is 6.92 Å². The van der Waals surface area contributed by atoms with Crippen LogP contribution in [0.3, 0.4) is 0 Å². The van der Waals surface area contributed by atoms with Crippen molar-refractivity contribution < 1.29 is 19.1 Å². The molecule has 9 nitrogen and oxygen atoms in total. The fraction of sp³-hybridized carbons (Fsp3) is 0.235. The third kappa shape index (κ3) is 9.04. The number of benzene rings is 3. The number of carbonyl (C=O) groups excluding carboxylic acids is 3. The van der Waals surface area contributed by atoms with Gasteiger partial charge in [0.05, 0.1) is 17.3 Å². The fourth-order valence-electron chi connectivity index (χ4n) is 4.35. The Kier molecular flexibility index (Phi) is 11.5. The van der Waals surface area contributed by atoms with Crippen molar-refractivity contribution in [2.24, 2.45) is 0 Å². The van der Waals surface area contributed by atoms with Crippen LogP contribution in [0.2, 0.25) is 10.0 Å². The summed E-state index contributed by atoms with van der Waals surface area (Å²) < 4.78 is 6.08. The lowest BCUT2D eigenvalue weighted by atomic mass is 10.1. The number of hydrogen-bond donors (Lipinski definition) is 2. The molecule has 0 aliphatic rings. The summed E-state index contributed by atoms with van der Waals surface area (Å²) in [6, 6.07) is 19.7. The largest absolute Gasteiger partial charge is 0.487 e. The Morgan fingerprint density at radius 1 is 0.933 bits per heavy atom. The van der Waals surface area contributed by atoms with Crippen LogP contribution in [-0.2, 0) is 16.2 Å². The monoisotopic (exact) mass is 647 g/mol. The molecule has 0 saturated heterocycles. The SMILES string of the molecule is Cc1ccc2cccc(OCc3c(Cl)ccc(N(C)C(=O)CNC(=O)/C=C/c4ccc(C(=O)NCCN(C)C)cc4)c3Cl)c2n1. The van der Waals surface area contributed by atoms with E-state index in [1.54, 1.807) is 49.5 Å². The van der Waals surface area contributed by atoms with Gasteiger partial charge in [-0.05, 0) is 69.1 Å². The maximum atomic E-state index is 13.0. The summed E-state index contributed by atoms with van der Waals surface area (Å²) in [6.07, 6.45) is 2.93. The van der Waals surface area contributed by atoms with Gasteiger partial charge in [0.2, 0.25) is 11.8 Å². The van der Waals surface area contributed by atoms with Crippen LogP contribution in [-0.4, -0.2) is 68.4 Å². The number of fused-ring (bicyclic) bond motifs is 1. The highest BCUT2D eigenvalue weighted by Gasteiger charge is 2.19. The molecule has 11 heteroatoms. The van der Waals surface area contributed by atoms with Crippen LogP contribution >= 0.6 is 23.2 Å². The lowest BCUT2D eigenvalue weighted by Gasteiger charge is -2.21. The van der Waals surface area contributed by atoms with Gasteiger partial charge in [-0.15, -0.1) is 0 Å². The molecule has 3 aromatic carbocycles. The molecule has 0 aliphatic carbocycles. The molecule has 4 rings (SSSR count). The van der Waals surface area contributed by atoms with Gasteiger partial charge < -0.3 is 25.2 Å². The molecule has 1 heterocycles. The van der Waals surface area contributed by atoms with Crippen LogP contribution in [0.4, 0.5) is 5.69 Å². The van der Waals surface area contributed by atoms with Crippen molar-refractivity contribution in [3.05, 3.63) is 105 Å². The number of para-hydroxylation sites is 1. The number of carbonyl (C=O) groups is 3. The number of hydrogen-bond acceptors (Lipinski definition) is 6. The zero-order valence-corrected chi connectivity index (χ0v) is 27.1. The van der Waals surface area contributed by atoms with Crippen LogP contribution < -0.4 is 20.3 Å². The van der Waals surface area contributed by atoms with Crippen molar-refractivity contribution in [1.82, 2.24) is 20.5 Å². The van der Waals surface area contributed by atoms with Crippen molar-refractivity contribution in [3.63, 3.8) is 0 Å². The number of nitrogens with one attached hydrogen (secondary N) is 2. The maximum Gasteiger partial charge on any atom is 0.251 e. The minimum atomic E-state index is -0.447. The van der Waals surface area contributed by atoms with E-state index < -0.39 is 5.91 Å². The molecule has 2 N–H and O–H groups in total. The molecular weight excluding hydrogens is 613 g/mol. The summed E-state index contributed by atoms with van der Waals surface area (Å²) in [5, 5.41) is 7.05. The number of aromatic nitrogens is 1. The maximum absolute atomic E-state index is 13.0. The van der Waals surface area contributed by atoms with E-state index in [0.717, 1.165) is 28.7 Å². The predicted molar refractivity (Wildman–Crippen MR) is 180 cm³/mol. The molecular formula is C34H35Cl2N5O4. The van der Waals surface area contributed by atoms with Crippen LogP contribution in [0.1, 0.15) is 27.2 Å². The van der Waals surface area contributed by atoms with E-state index in [1.807, 2.05) is 56.3 Å². The highest BCUT2D eigenvalue weighted by Crippen LogP contribution is 2.35. The second-order valence-electron chi connectivity index (χ2n) is 10.6. The van der Waals surface area contributed by atoms with Gasteiger partial charge in [-0.1, -0.05) is 53.5 Å². The molecule has 0 saturated carbocycles. The van der Waals surface area contributed by atoms with Crippen molar-refractivity contribution >= 4 is 63.6 Å². The number of aryl methyl sites for hydroxylation is 1. The minimum absolute atomic E-state index is 0.0614. The highest BCUT2D eigenvalue weighted by atomic mass is 35.5. The Labute approximate surface area is 272 Å². The second kappa shape index (κ2) is 15.5. The third-order valence-corrected chi connectivity index (χ3v) is 7.73. The van der Waals surface area contributed by atoms with Gasteiger partial charge in [0.25, 0.3) is 5.91 Å². The number of ether oxygens (including phenoxy) is 1. The van der Waals surface area contributed by atoms with E-state index in [0.29, 0.717) is 34.1 Å². The molecule has 0 fully saturated rings. The zero-order chi connectivity index (χ0) is 32.5. The van der Waals surface area contributed by atoms with E-state index in [4.69, 9.17) is 27.9 Å². The normalized spacial score (nSPS) is 11.2. The topological polar surface area (TPSA) is 104 Å². The Morgan fingerprint density at radius 2 is 1.69 bits per heavy atom. The Hall–Kier alpha value is -4.44. The Balaban J connectivity index is 1.33. The number of halogens is 2. The molecule has 0 atom stereocenters. The number of amides is 3. The third-order valence-electron chi connectivity index (χ3n) is 6.95. The van der Waals surface area contributed by atoms with E-state index >= 15 is 0 Å². The van der Waals surface area contributed by atoms with E-state index in [-0.39, 0.29) is 30.0 Å². The molecule has 234 valence electrons. The molecule has 1 aromatic heterocycles. The van der Waals surface area contributed by atoms with Crippen LogP contribution in [0.15, 0.2) is 72.8 Å². The number of pyridine rings is 1. The second-order valence-corrected chi connectivity index (χ2v) is 11.4. The van der Waals surface area contributed by atoms with Gasteiger partial charge in [-0.3, -0.25) is 14.4 Å². The standard InChI is InChI=1S/C34H35Cl2N5O4/c1-22-8-12-24-6-5-7-29(33(24)39-22)45-21-26-27(35)15-16-28(32(26)36)41(4)31(43)20-38-30(42)17-11-23-9-13-25(14-10-23)34(44)37-18-19-40(2)3/h5-17H,18-21H2,1-4H3,(H,37,44)(H,38,42)/b17-11+. The number of nitrogens with zero attached hydrogens (tertiary/aromatic N) is 3. The van der Waals surface area contributed by atoms with Crippen molar-refractivity contribution in [1.29, 1.82) is 0 Å². The molecule has 0 radical (unpaired) electrons. The van der Waals surface area contributed by atoms with Crippen molar-refractivity contribution in [2.75, 3.05) is 45.7 Å². The summed E-state index contributed by atoms with van der Waals surface area (Å²) >= 11 is 13.2. The van der Waals surface area contributed by atoms with Gasteiger partial charge >= 0.3 is 0 Å². The smallest absolute Gasteiger partial charge is 0.251 e. The van der Waals surface area contributed by atoms with E-state index in [1.165, 1.54) is 11.0 Å². The Morgan fingerprint density at radius 3 is 2.42 bits per heavy atom. The molecule has 0 bridgehead atoms. The first-order chi connectivity index (χ1) is 21.5. The van der Waals surface area contributed by atoms with Gasteiger partial charge in [0.15, 0.2) is 0 Å². The summed E-state index contributed by atoms with van der Waals surface area (Å²) in [5.41, 5.74) is 3.80. The van der Waals surface area contributed by atoms with Crippen molar-refractivity contribution in [3.8, 4) is 5.75 Å². The summed E-state index contributed by atoms with van der Waals surface area (Å²) in [7, 11) is 5.44. The first-order valence-electron chi connectivity index (χ1n) is 14.2. The predicted octanol–water partition coefficient (Wildman–Crippen LogP) is 5.51. The zero-order valence-electron chi connectivity index (χ0n) is 25.6. The molecule has 3 amide bonds. The average Bonchev–Trinajstić information content (AvgIpc) is 3.02. The van der Waals surface area contributed by atoms with Gasteiger partial charge in [0, 0.05) is 53.4 Å². The molecule has 0 aliphatic heterocycles. The fourth-order valence-corrected chi connectivity index (χ4v) is 4.95. The quantitative estimate of drug-likeness (QED) is 0.197. The highest BCUT2D eigenvalue weighted by molar-refractivity contribution is 6.38. The number of rotatable bonds is 12. The minimum Gasteiger partial charge on any atom is -0.487 e. The molecule has 4 aromatic rings. The Bertz CT molecular complexity index is 1720. The molecule has 45 heavy (non-hydrogen) atoms. The average molecular weight is 649 g/mol. The van der Waals surface area contributed by atoms with Crippen molar-refractivity contribution in [2.45, 2.75) is 13.5 Å². The molecule has 0 unspecified atom stereocenters. The van der Waals surface area contributed by atoms with Crippen LogP contribution in [0.5, 0.6) is 5.75 Å². The van der Waals surface area contributed by atoms with Gasteiger partial charge in [0.1, 0.15) is 17.9 Å². The lowest BCUT2D eigenvalue weighted by Crippen LogP contribution is -2.37. The first kappa shape index (κ1) is 33.5. The van der Waals surface area contributed by atoms with E-state index in [9.17, 15) is 14.4 Å². The number of anilines is 1. The summed E-state index contributed by atoms with van der Waals surface area (Å²) in [4.78, 5) is 45.6. The first-order valence-corrected chi connectivity index (χ1v) is 15.0. The lowest BCUT2D eigenvalue weighted by molar-refractivity contribution is -0.122. The van der Waals surface area contributed by atoms with Gasteiger partial charge in [-0.2, -0.15) is 0 Å². The number of likely N-dealkylation sites (N-methyl/N-ethyl adjacent to an activating group) is 2. The summed E-state index contributed by atoms with van der Waals surface area (Å²) in [6.45, 7) is 3.01. The van der Waals surface area contributed by atoms with Gasteiger partial charge in [-0.25, -0.2) is 4.98 Å². The van der Waals surface area contributed by atoms with Crippen LogP contribution in [0.25, 0.3) is 17.0 Å². The summed E-state index contributed by atoms with van der Waals surface area (Å²) in [5.74, 6) is -0.403. The van der Waals surface area contributed by atoms with E-state index in [2.05, 4.69) is 15.6 Å². The molecule has 0 spiro atoms.